The molecule has 1 heterocycles. The van der Waals surface area contributed by atoms with Gasteiger partial charge in [-0.2, -0.15) is 0 Å². The predicted octanol–water partition coefficient (Wildman–Crippen LogP) is 3.37. The van der Waals surface area contributed by atoms with E-state index in [1.165, 1.54) is 4.90 Å². The Morgan fingerprint density at radius 3 is 2.48 bits per heavy atom. The zero-order chi connectivity index (χ0) is 17.8. The van der Waals surface area contributed by atoms with Gasteiger partial charge in [-0.15, -0.1) is 0 Å². The maximum absolute atomic E-state index is 12.2. The smallest absolute Gasteiger partial charge is 0.289 e. The summed E-state index contributed by atoms with van der Waals surface area (Å²) in [4.78, 5) is 36.7. The van der Waals surface area contributed by atoms with E-state index in [4.69, 9.17) is 0 Å². The third-order valence-electron chi connectivity index (χ3n) is 4.03. The SMILES string of the molecule is Cc1ccccc1CC(=O)Nc1ccc(CN2C(=O)CSC2=O)cc1. The standard InChI is InChI=1S/C19H18N2O3S/c1-13-4-2-3-5-15(13)10-17(22)20-16-8-6-14(7-9-16)11-21-18(23)12-25-19(21)24/h2-9H,10-12H2,1H3,(H,20,22). The molecule has 0 aliphatic carbocycles. The molecule has 1 aliphatic heterocycles. The van der Waals surface area contributed by atoms with E-state index in [0.717, 1.165) is 28.5 Å². The molecule has 25 heavy (non-hydrogen) atoms. The van der Waals surface area contributed by atoms with Gasteiger partial charge in [0, 0.05) is 5.69 Å². The number of amides is 3. The zero-order valence-corrected chi connectivity index (χ0v) is 14.6. The second-order valence-electron chi connectivity index (χ2n) is 5.88. The summed E-state index contributed by atoms with van der Waals surface area (Å²) in [5.74, 6) is -0.0275. The van der Waals surface area contributed by atoms with Crippen LogP contribution in [0.2, 0.25) is 0 Å². The summed E-state index contributed by atoms with van der Waals surface area (Å²) in [6, 6.07) is 15.0. The molecule has 0 atom stereocenters. The molecule has 2 aromatic rings. The Labute approximate surface area is 150 Å². The topological polar surface area (TPSA) is 66.5 Å². The highest BCUT2D eigenvalue weighted by Crippen LogP contribution is 2.22. The first kappa shape index (κ1) is 17.2. The van der Waals surface area contributed by atoms with Crippen LogP contribution >= 0.6 is 11.8 Å². The van der Waals surface area contributed by atoms with E-state index in [0.29, 0.717) is 12.1 Å². The molecule has 0 saturated carbocycles. The Morgan fingerprint density at radius 1 is 1.12 bits per heavy atom. The van der Waals surface area contributed by atoms with Crippen LogP contribution in [-0.4, -0.2) is 27.7 Å². The molecule has 1 N–H and O–H groups in total. The zero-order valence-electron chi connectivity index (χ0n) is 13.8. The normalized spacial score (nSPS) is 14.0. The van der Waals surface area contributed by atoms with Crippen molar-refractivity contribution >= 4 is 34.5 Å². The van der Waals surface area contributed by atoms with Crippen molar-refractivity contribution in [1.82, 2.24) is 4.90 Å². The van der Waals surface area contributed by atoms with Gasteiger partial charge in [0.25, 0.3) is 5.24 Å². The largest absolute Gasteiger partial charge is 0.326 e. The number of benzene rings is 2. The van der Waals surface area contributed by atoms with Crippen molar-refractivity contribution in [2.24, 2.45) is 0 Å². The number of nitrogens with one attached hydrogen (secondary N) is 1. The molecule has 0 unspecified atom stereocenters. The summed E-state index contributed by atoms with van der Waals surface area (Å²) in [5, 5.41) is 2.66. The number of hydrogen-bond acceptors (Lipinski definition) is 4. The van der Waals surface area contributed by atoms with Gasteiger partial charge in [-0.05, 0) is 35.7 Å². The van der Waals surface area contributed by atoms with Crippen LogP contribution in [0.25, 0.3) is 0 Å². The molecule has 6 heteroatoms. The Bertz CT molecular complexity index is 802. The van der Waals surface area contributed by atoms with Gasteiger partial charge in [0.05, 0.1) is 18.7 Å². The first-order valence-electron chi connectivity index (χ1n) is 7.93. The van der Waals surface area contributed by atoms with Gasteiger partial charge in [0.1, 0.15) is 0 Å². The number of nitrogens with zero attached hydrogens (tertiary/aromatic N) is 1. The van der Waals surface area contributed by atoms with E-state index >= 15 is 0 Å². The Balaban J connectivity index is 1.59. The molecule has 5 nitrogen and oxygen atoms in total. The third kappa shape index (κ3) is 4.28. The van der Waals surface area contributed by atoms with Crippen molar-refractivity contribution in [3.63, 3.8) is 0 Å². The molecular weight excluding hydrogens is 336 g/mol. The number of carbonyl (C=O) groups is 3. The van der Waals surface area contributed by atoms with Gasteiger partial charge in [-0.3, -0.25) is 19.3 Å². The maximum atomic E-state index is 12.2. The molecule has 0 bridgehead atoms. The summed E-state index contributed by atoms with van der Waals surface area (Å²) in [5.41, 5.74) is 3.63. The van der Waals surface area contributed by atoms with Crippen molar-refractivity contribution in [2.75, 3.05) is 11.1 Å². The minimum absolute atomic E-state index is 0.0802. The number of hydrogen-bond donors (Lipinski definition) is 1. The Morgan fingerprint density at radius 2 is 1.84 bits per heavy atom. The monoisotopic (exact) mass is 354 g/mol. The quantitative estimate of drug-likeness (QED) is 0.894. The number of aryl methyl sites for hydroxylation is 1. The lowest BCUT2D eigenvalue weighted by molar-refractivity contribution is -0.125. The number of rotatable bonds is 5. The van der Waals surface area contributed by atoms with Crippen LogP contribution in [0.15, 0.2) is 48.5 Å². The van der Waals surface area contributed by atoms with E-state index in [2.05, 4.69) is 5.32 Å². The van der Waals surface area contributed by atoms with Crippen LogP contribution < -0.4 is 5.32 Å². The van der Waals surface area contributed by atoms with Crippen molar-refractivity contribution in [3.05, 3.63) is 65.2 Å². The fourth-order valence-electron chi connectivity index (χ4n) is 2.60. The fourth-order valence-corrected chi connectivity index (χ4v) is 3.32. The summed E-state index contributed by atoms with van der Waals surface area (Å²) in [6.07, 6.45) is 0.322. The average molecular weight is 354 g/mol. The molecule has 2 aromatic carbocycles. The molecule has 1 fully saturated rings. The highest BCUT2D eigenvalue weighted by atomic mass is 32.2. The minimum Gasteiger partial charge on any atom is -0.326 e. The van der Waals surface area contributed by atoms with E-state index in [1.54, 1.807) is 12.1 Å². The van der Waals surface area contributed by atoms with Crippen LogP contribution in [0.5, 0.6) is 0 Å². The molecule has 128 valence electrons. The average Bonchev–Trinajstić information content (AvgIpc) is 2.90. The van der Waals surface area contributed by atoms with Crippen molar-refractivity contribution in [3.8, 4) is 0 Å². The van der Waals surface area contributed by atoms with E-state index < -0.39 is 0 Å². The molecular formula is C19H18N2O3S. The summed E-state index contributed by atoms with van der Waals surface area (Å²) >= 11 is 1.03. The van der Waals surface area contributed by atoms with Crippen LogP contribution in [0.1, 0.15) is 16.7 Å². The highest BCUT2D eigenvalue weighted by Gasteiger charge is 2.29. The molecule has 3 rings (SSSR count). The number of carbonyl (C=O) groups excluding carboxylic acids is 3. The van der Waals surface area contributed by atoms with Gasteiger partial charge in [0.2, 0.25) is 11.8 Å². The predicted molar refractivity (Wildman–Crippen MR) is 98.4 cm³/mol. The van der Waals surface area contributed by atoms with Crippen LogP contribution in [-0.2, 0) is 22.6 Å². The molecule has 3 amide bonds. The fraction of sp³-hybridized carbons (Fsp3) is 0.211. The summed E-state index contributed by atoms with van der Waals surface area (Å²) < 4.78 is 0. The molecule has 0 spiro atoms. The summed E-state index contributed by atoms with van der Waals surface area (Å²) in [6.45, 7) is 2.25. The Kier molecular flexibility index (Phi) is 5.19. The third-order valence-corrected chi connectivity index (χ3v) is 4.89. The van der Waals surface area contributed by atoms with E-state index in [9.17, 15) is 14.4 Å². The molecule has 1 saturated heterocycles. The van der Waals surface area contributed by atoms with Crippen molar-refractivity contribution in [2.45, 2.75) is 19.9 Å². The van der Waals surface area contributed by atoms with Crippen LogP contribution in [0, 0.1) is 6.92 Å². The number of imide groups is 1. The summed E-state index contributed by atoms with van der Waals surface area (Å²) in [7, 11) is 0. The lowest BCUT2D eigenvalue weighted by atomic mass is 10.1. The van der Waals surface area contributed by atoms with Gasteiger partial charge in [-0.1, -0.05) is 48.2 Å². The first-order valence-corrected chi connectivity index (χ1v) is 8.92. The van der Waals surface area contributed by atoms with Gasteiger partial charge < -0.3 is 5.32 Å². The van der Waals surface area contributed by atoms with Crippen LogP contribution in [0.4, 0.5) is 10.5 Å². The van der Waals surface area contributed by atoms with Gasteiger partial charge in [0.15, 0.2) is 0 Å². The Hall–Kier alpha value is -2.60. The lowest BCUT2D eigenvalue weighted by Crippen LogP contribution is -2.27. The van der Waals surface area contributed by atoms with Crippen molar-refractivity contribution < 1.29 is 14.4 Å². The minimum atomic E-state index is -0.208. The maximum Gasteiger partial charge on any atom is 0.289 e. The van der Waals surface area contributed by atoms with E-state index in [1.807, 2.05) is 43.3 Å². The first-order chi connectivity index (χ1) is 12.0. The van der Waals surface area contributed by atoms with Crippen molar-refractivity contribution in [1.29, 1.82) is 0 Å². The number of thioether (sulfide) groups is 1. The van der Waals surface area contributed by atoms with Gasteiger partial charge in [-0.25, -0.2) is 0 Å². The molecule has 1 aliphatic rings. The number of anilines is 1. The molecule has 0 radical (unpaired) electrons. The lowest BCUT2D eigenvalue weighted by Gasteiger charge is -2.13. The van der Waals surface area contributed by atoms with Crippen LogP contribution in [0.3, 0.4) is 0 Å². The molecule has 0 aromatic heterocycles. The second kappa shape index (κ2) is 7.53. The second-order valence-corrected chi connectivity index (χ2v) is 6.81. The van der Waals surface area contributed by atoms with Gasteiger partial charge >= 0.3 is 0 Å². The highest BCUT2D eigenvalue weighted by molar-refractivity contribution is 8.14. The van der Waals surface area contributed by atoms with E-state index in [-0.39, 0.29) is 29.4 Å².